The maximum absolute atomic E-state index is 5.81. The fourth-order valence-electron chi connectivity index (χ4n) is 1.59. The van der Waals surface area contributed by atoms with Crippen LogP contribution in [0.3, 0.4) is 0 Å². The third-order valence-electron chi connectivity index (χ3n) is 2.46. The van der Waals surface area contributed by atoms with E-state index in [1.165, 1.54) is 6.42 Å². The minimum Gasteiger partial charge on any atom is -0.494 e. The van der Waals surface area contributed by atoms with Gasteiger partial charge in [0, 0.05) is 36.7 Å². The SMILES string of the molecule is CCCCOCCNc1cc(N)cc(OCC)c1. The number of nitrogens with one attached hydrogen (secondary N) is 1. The Labute approximate surface area is 109 Å². The molecule has 0 aliphatic rings. The Balaban J connectivity index is 2.32. The van der Waals surface area contributed by atoms with E-state index in [-0.39, 0.29) is 0 Å². The van der Waals surface area contributed by atoms with Crippen LogP contribution in [0.25, 0.3) is 0 Å². The predicted octanol–water partition coefficient (Wildman–Crippen LogP) is 2.90. The first-order chi connectivity index (χ1) is 8.76. The standard InChI is InChI=1S/C14H24N2O2/c1-3-5-7-17-8-6-16-13-9-12(15)10-14(11-13)18-4-2/h9-11,16H,3-8,15H2,1-2H3. The van der Waals surface area contributed by atoms with Crippen LogP contribution in [0.1, 0.15) is 26.7 Å². The molecule has 0 bridgehead atoms. The number of nitrogens with two attached hydrogens (primary N) is 1. The Morgan fingerprint density at radius 2 is 2.00 bits per heavy atom. The molecule has 3 N–H and O–H groups in total. The van der Waals surface area contributed by atoms with Gasteiger partial charge in [-0.1, -0.05) is 13.3 Å². The van der Waals surface area contributed by atoms with E-state index in [0.717, 1.165) is 31.0 Å². The van der Waals surface area contributed by atoms with E-state index in [2.05, 4.69) is 12.2 Å². The zero-order valence-corrected chi connectivity index (χ0v) is 11.4. The van der Waals surface area contributed by atoms with Gasteiger partial charge in [0.15, 0.2) is 0 Å². The van der Waals surface area contributed by atoms with Crippen LogP contribution in [-0.2, 0) is 4.74 Å². The van der Waals surface area contributed by atoms with Crippen LogP contribution in [0.2, 0.25) is 0 Å². The monoisotopic (exact) mass is 252 g/mol. The number of hydrogen-bond acceptors (Lipinski definition) is 4. The van der Waals surface area contributed by atoms with Crippen molar-refractivity contribution in [2.24, 2.45) is 0 Å². The van der Waals surface area contributed by atoms with Crippen LogP contribution < -0.4 is 15.8 Å². The fourth-order valence-corrected chi connectivity index (χ4v) is 1.59. The Kier molecular flexibility index (Phi) is 7.03. The predicted molar refractivity (Wildman–Crippen MR) is 76.2 cm³/mol. The molecule has 102 valence electrons. The van der Waals surface area contributed by atoms with Crippen molar-refractivity contribution >= 4 is 11.4 Å². The van der Waals surface area contributed by atoms with E-state index in [0.29, 0.717) is 18.9 Å². The number of rotatable bonds is 9. The lowest BCUT2D eigenvalue weighted by Gasteiger charge is -2.10. The number of hydrogen-bond donors (Lipinski definition) is 2. The van der Waals surface area contributed by atoms with E-state index in [1.807, 2.05) is 25.1 Å². The Bertz CT molecular complexity index is 343. The summed E-state index contributed by atoms with van der Waals surface area (Å²) < 4.78 is 10.9. The molecule has 0 unspecified atom stereocenters. The van der Waals surface area contributed by atoms with Gasteiger partial charge >= 0.3 is 0 Å². The third kappa shape index (κ3) is 5.77. The van der Waals surface area contributed by atoms with Crippen molar-refractivity contribution in [2.75, 3.05) is 37.4 Å². The second-order valence-electron chi connectivity index (χ2n) is 4.12. The summed E-state index contributed by atoms with van der Waals surface area (Å²) in [7, 11) is 0. The highest BCUT2D eigenvalue weighted by molar-refractivity contribution is 5.59. The van der Waals surface area contributed by atoms with Crippen molar-refractivity contribution in [3.63, 3.8) is 0 Å². The molecule has 18 heavy (non-hydrogen) atoms. The second-order valence-corrected chi connectivity index (χ2v) is 4.12. The van der Waals surface area contributed by atoms with Crippen molar-refractivity contribution in [1.29, 1.82) is 0 Å². The van der Waals surface area contributed by atoms with E-state index < -0.39 is 0 Å². The first-order valence-electron chi connectivity index (χ1n) is 6.61. The first kappa shape index (κ1) is 14.6. The first-order valence-corrected chi connectivity index (χ1v) is 6.61. The lowest BCUT2D eigenvalue weighted by atomic mass is 10.2. The summed E-state index contributed by atoms with van der Waals surface area (Å²) in [5.74, 6) is 0.798. The number of benzene rings is 1. The molecule has 0 aromatic heterocycles. The number of unbranched alkanes of at least 4 members (excludes halogenated alkanes) is 1. The smallest absolute Gasteiger partial charge is 0.123 e. The summed E-state index contributed by atoms with van der Waals surface area (Å²) in [6.07, 6.45) is 2.28. The van der Waals surface area contributed by atoms with E-state index in [9.17, 15) is 0 Å². The highest BCUT2D eigenvalue weighted by atomic mass is 16.5. The normalized spacial score (nSPS) is 10.3. The molecule has 0 radical (unpaired) electrons. The molecule has 0 fully saturated rings. The Hall–Kier alpha value is -1.42. The van der Waals surface area contributed by atoms with Gasteiger partial charge < -0.3 is 20.5 Å². The van der Waals surface area contributed by atoms with E-state index in [1.54, 1.807) is 0 Å². The molecular formula is C14H24N2O2. The van der Waals surface area contributed by atoms with Gasteiger partial charge in [-0.05, 0) is 19.4 Å². The molecule has 0 heterocycles. The van der Waals surface area contributed by atoms with Crippen molar-refractivity contribution in [3.8, 4) is 5.75 Å². The van der Waals surface area contributed by atoms with Gasteiger partial charge in [0.25, 0.3) is 0 Å². The van der Waals surface area contributed by atoms with Crippen molar-refractivity contribution in [1.82, 2.24) is 0 Å². The minimum atomic E-state index is 0.642. The topological polar surface area (TPSA) is 56.5 Å². The minimum absolute atomic E-state index is 0.642. The van der Waals surface area contributed by atoms with Crippen LogP contribution in [0.4, 0.5) is 11.4 Å². The molecule has 1 aromatic rings. The Morgan fingerprint density at radius 3 is 2.72 bits per heavy atom. The molecule has 0 aliphatic heterocycles. The lowest BCUT2D eigenvalue weighted by Crippen LogP contribution is -2.10. The maximum Gasteiger partial charge on any atom is 0.123 e. The zero-order valence-electron chi connectivity index (χ0n) is 11.4. The number of ether oxygens (including phenoxy) is 2. The van der Waals surface area contributed by atoms with Gasteiger partial charge in [-0.25, -0.2) is 0 Å². The lowest BCUT2D eigenvalue weighted by molar-refractivity contribution is 0.141. The molecule has 0 atom stereocenters. The van der Waals surface area contributed by atoms with Crippen molar-refractivity contribution < 1.29 is 9.47 Å². The van der Waals surface area contributed by atoms with Gasteiger partial charge in [0.05, 0.1) is 13.2 Å². The van der Waals surface area contributed by atoms with Gasteiger partial charge in [0.2, 0.25) is 0 Å². The summed E-state index contributed by atoms with van der Waals surface area (Å²) in [6, 6.07) is 5.67. The molecular weight excluding hydrogens is 228 g/mol. The van der Waals surface area contributed by atoms with Crippen molar-refractivity contribution in [2.45, 2.75) is 26.7 Å². The molecule has 0 spiro atoms. The zero-order chi connectivity index (χ0) is 13.2. The third-order valence-corrected chi connectivity index (χ3v) is 2.46. The number of anilines is 2. The summed E-state index contributed by atoms with van der Waals surface area (Å²) in [6.45, 7) is 7.07. The molecule has 4 heteroatoms. The largest absolute Gasteiger partial charge is 0.494 e. The van der Waals surface area contributed by atoms with Gasteiger partial charge in [-0.15, -0.1) is 0 Å². The summed E-state index contributed by atoms with van der Waals surface area (Å²) >= 11 is 0. The Morgan fingerprint density at radius 1 is 1.17 bits per heavy atom. The molecule has 1 rings (SSSR count). The van der Waals surface area contributed by atoms with Crippen LogP contribution in [-0.4, -0.2) is 26.4 Å². The van der Waals surface area contributed by atoms with Crippen LogP contribution in [0, 0.1) is 0 Å². The van der Waals surface area contributed by atoms with Crippen LogP contribution >= 0.6 is 0 Å². The van der Waals surface area contributed by atoms with Gasteiger partial charge in [-0.3, -0.25) is 0 Å². The van der Waals surface area contributed by atoms with Gasteiger partial charge in [-0.2, -0.15) is 0 Å². The molecule has 0 aliphatic carbocycles. The van der Waals surface area contributed by atoms with E-state index in [4.69, 9.17) is 15.2 Å². The molecule has 0 saturated heterocycles. The average molecular weight is 252 g/mol. The van der Waals surface area contributed by atoms with Crippen molar-refractivity contribution in [3.05, 3.63) is 18.2 Å². The van der Waals surface area contributed by atoms with Crippen LogP contribution in [0.5, 0.6) is 5.75 Å². The maximum atomic E-state index is 5.81. The highest BCUT2D eigenvalue weighted by Gasteiger charge is 1.99. The summed E-state index contributed by atoms with van der Waals surface area (Å²) in [4.78, 5) is 0. The second kappa shape index (κ2) is 8.64. The highest BCUT2D eigenvalue weighted by Crippen LogP contribution is 2.22. The molecule has 0 saturated carbocycles. The summed E-state index contributed by atoms with van der Waals surface area (Å²) in [5, 5.41) is 3.28. The fraction of sp³-hybridized carbons (Fsp3) is 0.571. The molecule has 4 nitrogen and oxygen atoms in total. The number of nitrogen functional groups attached to an aromatic ring is 1. The molecule has 1 aromatic carbocycles. The quantitative estimate of drug-likeness (QED) is 0.524. The summed E-state index contributed by atoms with van der Waals surface area (Å²) in [5.41, 5.74) is 7.48. The molecule has 0 amide bonds. The van der Waals surface area contributed by atoms with Crippen LogP contribution in [0.15, 0.2) is 18.2 Å². The van der Waals surface area contributed by atoms with Gasteiger partial charge in [0.1, 0.15) is 5.75 Å². The average Bonchev–Trinajstić information content (AvgIpc) is 2.33. The van der Waals surface area contributed by atoms with E-state index >= 15 is 0 Å².